The number of hydrogen-bond donors (Lipinski definition) is 2. The summed E-state index contributed by atoms with van der Waals surface area (Å²) in [5, 5.41) is 16.4. The van der Waals surface area contributed by atoms with E-state index in [0.717, 1.165) is 37.7 Å². The molecule has 0 radical (unpaired) electrons. The van der Waals surface area contributed by atoms with Gasteiger partial charge in [-0.2, -0.15) is 5.26 Å². The molecule has 1 saturated carbocycles. The summed E-state index contributed by atoms with van der Waals surface area (Å²) in [5.74, 6) is -0.116. The van der Waals surface area contributed by atoms with Crippen LogP contribution in [-0.2, 0) is 4.79 Å². The summed E-state index contributed by atoms with van der Waals surface area (Å²) in [5.41, 5.74) is 0.385. The van der Waals surface area contributed by atoms with Crippen LogP contribution >= 0.6 is 11.6 Å². The van der Waals surface area contributed by atoms with Gasteiger partial charge in [-0.15, -0.1) is 0 Å². The lowest BCUT2D eigenvalue weighted by Crippen LogP contribution is -2.54. The van der Waals surface area contributed by atoms with Gasteiger partial charge in [-0.3, -0.25) is 10.1 Å². The largest absolute Gasteiger partial charge is 0.336 e. The first-order chi connectivity index (χ1) is 11.0. The Hall–Kier alpha value is -1.57. The van der Waals surface area contributed by atoms with E-state index in [1.165, 1.54) is 0 Å². The molecular weight excluding hydrogens is 310 g/mol. The zero-order chi connectivity index (χ0) is 16.9. The van der Waals surface area contributed by atoms with Gasteiger partial charge in [0.2, 0.25) is 5.91 Å². The van der Waals surface area contributed by atoms with Crippen LogP contribution in [0.25, 0.3) is 0 Å². The van der Waals surface area contributed by atoms with Crippen molar-refractivity contribution in [2.24, 2.45) is 0 Å². The van der Waals surface area contributed by atoms with Crippen LogP contribution in [0.3, 0.4) is 0 Å². The molecule has 0 bridgehead atoms. The van der Waals surface area contributed by atoms with Gasteiger partial charge in [0.1, 0.15) is 5.54 Å². The second kappa shape index (κ2) is 7.81. The molecule has 1 aliphatic rings. The minimum absolute atomic E-state index is 0.0254. The maximum absolute atomic E-state index is 12.5. The summed E-state index contributed by atoms with van der Waals surface area (Å²) in [6.07, 6.45) is 4.62. The lowest BCUT2D eigenvalue weighted by molar-refractivity contribution is -0.124. The second-order valence-corrected chi connectivity index (χ2v) is 6.84. The monoisotopic (exact) mass is 333 g/mol. The zero-order valence-corrected chi connectivity index (χ0v) is 14.5. The molecule has 1 aromatic rings. The van der Waals surface area contributed by atoms with Crippen molar-refractivity contribution in [1.29, 1.82) is 5.26 Å². The van der Waals surface area contributed by atoms with E-state index in [4.69, 9.17) is 11.6 Å². The summed E-state index contributed by atoms with van der Waals surface area (Å²) in [4.78, 5) is 12.5. The fourth-order valence-corrected chi connectivity index (χ4v) is 3.19. The third-order valence-electron chi connectivity index (χ3n) is 4.55. The third-order valence-corrected chi connectivity index (χ3v) is 4.80. The van der Waals surface area contributed by atoms with E-state index < -0.39 is 5.54 Å². The average molecular weight is 334 g/mol. The molecule has 2 N–H and O–H groups in total. The molecule has 0 aliphatic heterocycles. The molecular formula is C18H24ClN3O. The van der Waals surface area contributed by atoms with Gasteiger partial charge in [0.05, 0.1) is 12.1 Å². The summed E-state index contributed by atoms with van der Waals surface area (Å²) < 4.78 is 0. The molecule has 124 valence electrons. The predicted molar refractivity (Wildman–Crippen MR) is 92.0 cm³/mol. The van der Waals surface area contributed by atoms with Crippen LogP contribution in [0.4, 0.5) is 0 Å². The number of nitrogens with zero attached hydrogens (tertiary/aromatic N) is 1. The Labute approximate surface area is 143 Å². The van der Waals surface area contributed by atoms with E-state index in [1.54, 1.807) is 0 Å². The molecule has 0 saturated heterocycles. The number of nitriles is 1. The molecule has 1 aromatic carbocycles. The summed E-state index contributed by atoms with van der Waals surface area (Å²) in [6.45, 7) is 3.84. The van der Waals surface area contributed by atoms with Crippen molar-refractivity contribution in [3.63, 3.8) is 0 Å². The van der Waals surface area contributed by atoms with E-state index in [1.807, 2.05) is 38.1 Å². The minimum Gasteiger partial charge on any atom is -0.336 e. The molecule has 2 rings (SSSR count). The first kappa shape index (κ1) is 17.8. The van der Waals surface area contributed by atoms with Crippen molar-refractivity contribution in [3.8, 4) is 6.07 Å². The van der Waals surface area contributed by atoms with Gasteiger partial charge in [0.15, 0.2) is 0 Å². The maximum Gasteiger partial charge on any atom is 0.238 e. The van der Waals surface area contributed by atoms with Crippen LogP contribution in [0.15, 0.2) is 24.3 Å². The van der Waals surface area contributed by atoms with Crippen LogP contribution in [0, 0.1) is 11.3 Å². The highest BCUT2D eigenvalue weighted by Gasteiger charge is 2.34. The van der Waals surface area contributed by atoms with Crippen molar-refractivity contribution < 1.29 is 4.79 Å². The predicted octanol–water partition coefficient (Wildman–Crippen LogP) is 3.72. The second-order valence-electron chi connectivity index (χ2n) is 6.41. The standard InChI is InChI=1S/C18H24ClN3O/c1-13(15-6-8-16(19)9-7-15)21-14(2)17(23)22-18(12-20)10-4-3-5-11-18/h6-9,13-14,21H,3-5,10-11H2,1-2H3,(H,22,23)/t13-,14-/m0/s1. The topological polar surface area (TPSA) is 64.9 Å². The third kappa shape index (κ3) is 4.70. The van der Waals surface area contributed by atoms with Crippen molar-refractivity contribution >= 4 is 17.5 Å². The van der Waals surface area contributed by atoms with Gasteiger partial charge in [0.25, 0.3) is 0 Å². The van der Waals surface area contributed by atoms with Crippen molar-refractivity contribution in [2.45, 2.75) is 63.6 Å². The summed E-state index contributed by atoms with van der Waals surface area (Å²) in [7, 11) is 0. The van der Waals surface area contributed by atoms with Crippen LogP contribution in [0.1, 0.15) is 57.6 Å². The van der Waals surface area contributed by atoms with Gasteiger partial charge in [-0.1, -0.05) is 43.0 Å². The number of benzene rings is 1. The van der Waals surface area contributed by atoms with Crippen LogP contribution in [-0.4, -0.2) is 17.5 Å². The molecule has 1 amide bonds. The normalized spacial score (nSPS) is 19.4. The van der Waals surface area contributed by atoms with Gasteiger partial charge in [0, 0.05) is 11.1 Å². The first-order valence-corrected chi connectivity index (χ1v) is 8.58. The van der Waals surface area contributed by atoms with Crippen LogP contribution < -0.4 is 10.6 Å². The number of hydrogen-bond acceptors (Lipinski definition) is 3. The summed E-state index contributed by atoms with van der Waals surface area (Å²) >= 11 is 5.90. The minimum atomic E-state index is -0.686. The fourth-order valence-electron chi connectivity index (χ4n) is 3.06. The van der Waals surface area contributed by atoms with Gasteiger partial charge < -0.3 is 5.32 Å². The van der Waals surface area contributed by atoms with E-state index >= 15 is 0 Å². The number of carbonyl (C=O) groups is 1. The molecule has 4 nitrogen and oxygen atoms in total. The smallest absolute Gasteiger partial charge is 0.238 e. The van der Waals surface area contributed by atoms with E-state index in [9.17, 15) is 10.1 Å². The van der Waals surface area contributed by atoms with Gasteiger partial charge in [-0.25, -0.2) is 0 Å². The molecule has 1 fully saturated rings. The molecule has 23 heavy (non-hydrogen) atoms. The highest BCUT2D eigenvalue weighted by molar-refractivity contribution is 6.30. The summed E-state index contributed by atoms with van der Waals surface area (Å²) in [6, 6.07) is 9.55. The van der Waals surface area contributed by atoms with Crippen molar-refractivity contribution in [2.75, 3.05) is 0 Å². The van der Waals surface area contributed by atoms with E-state index in [2.05, 4.69) is 16.7 Å². The SMILES string of the molecule is C[C@H](N[C@@H](C)c1ccc(Cl)cc1)C(=O)NC1(C#N)CCCCC1. The van der Waals surface area contributed by atoms with Gasteiger partial charge in [-0.05, 0) is 44.4 Å². The number of carbonyl (C=O) groups excluding carboxylic acids is 1. The molecule has 0 unspecified atom stereocenters. The van der Waals surface area contributed by atoms with Crippen LogP contribution in [0.2, 0.25) is 5.02 Å². The number of rotatable bonds is 5. The highest BCUT2D eigenvalue weighted by atomic mass is 35.5. The van der Waals surface area contributed by atoms with E-state index in [0.29, 0.717) is 5.02 Å². The van der Waals surface area contributed by atoms with E-state index in [-0.39, 0.29) is 18.0 Å². The molecule has 1 aliphatic carbocycles. The van der Waals surface area contributed by atoms with Crippen molar-refractivity contribution in [1.82, 2.24) is 10.6 Å². The highest BCUT2D eigenvalue weighted by Crippen LogP contribution is 2.27. The van der Waals surface area contributed by atoms with Crippen LogP contribution in [0.5, 0.6) is 0 Å². The molecule has 0 spiro atoms. The Morgan fingerprint density at radius 1 is 1.22 bits per heavy atom. The van der Waals surface area contributed by atoms with Gasteiger partial charge >= 0.3 is 0 Å². The molecule has 0 heterocycles. The molecule has 5 heteroatoms. The Balaban J connectivity index is 1.94. The molecule has 0 aromatic heterocycles. The first-order valence-electron chi connectivity index (χ1n) is 8.20. The zero-order valence-electron chi connectivity index (χ0n) is 13.7. The lowest BCUT2D eigenvalue weighted by atomic mass is 9.82. The Morgan fingerprint density at radius 3 is 2.39 bits per heavy atom. The Kier molecular flexibility index (Phi) is 6.04. The quantitative estimate of drug-likeness (QED) is 0.863. The number of nitrogens with one attached hydrogen (secondary N) is 2. The van der Waals surface area contributed by atoms with Crippen molar-refractivity contribution in [3.05, 3.63) is 34.9 Å². The number of halogens is 1. The number of amides is 1. The molecule has 2 atom stereocenters. The Bertz CT molecular complexity index is 573. The average Bonchev–Trinajstić information content (AvgIpc) is 2.56. The lowest BCUT2D eigenvalue weighted by Gasteiger charge is -2.33. The Morgan fingerprint density at radius 2 is 1.83 bits per heavy atom. The maximum atomic E-state index is 12.5. The fraction of sp³-hybridized carbons (Fsp3) is 0.556.